The molecule has 2 fully saturated rings. The van der Waals surface area contributed by atoms with Crippen LogP contribution in [0.15, 0.2) is 11.6 Å². The lowest BCUT2D eigenvalue weighted by atomic mass is 10.0. The SMILES string of the molecule is C(=C1CNC1)C1CCCCO1.Cl. The monoisotopic (exact) mass is 189 g/mol. The molecule has 2 nitrogen and oxygen atoms in total. The summed E-state index contributed by atoms with van der Waals surface area (Å²) in [6.07, 6.45) is 6.54. The van der Waals surface area contributed by atoms with E-state index in [0.29, 0.717) is 6.10 Å². The zero-order valence-electron chi connectivity index (χ0n) is 7.21. The second kappa shape index (κ2) is 4.85. The first kappa shape index (κ1) is 10.0. The van der Waals surface area contributed by atoms with Crippen molar-refractivity contribution < 1.29 is 4.74 Å². The molecule has 2 aliphatic heterocycles. The van der Waals surface area contributed by atoms with E-state index in [1.54, 1.807) is 0 Å². The Morgan fingerprint density at radius 1 is 1.33 bits per heavy atom. The van der Waals surface area contributed by atoms with Crippen molar-refractivity contribution >= 4 is 12.4 Å². The molecule has 0 aliphatic carbocycles. The normalized spacial score (nSPS) is 28.7. The number of hydrogen-bond donors (Lipinski definition) is 1. The summed E-state index contributed by atoms with van der Waals surface area (Å²) in [5, 5.41) is 3.23. The van der Waals surface area contributed by atoms with Crippen molar-refractivity contribution in [3.8, 4) is 0 Å². The van der Waals surface area contributed by atoms with Crippen molar-refractivity contribution in [1.29, 1.82) is 0 Å². The third kappa shape index (κ3) is 2.47. The molecule has 1 atom stereocenters. The zero-order chi connectivity index (χ0) is 7.52. The lowest BCUT2D eigenvalue weighted by Crippen LogP contribution is -2.35. The summed E-state index contributed by atoms with van der Waals surface area (Å²) >= 11 is 0. The van der Waals surface area contributed by atoms with E-state index in [-0.39, 0.29) is 12.4 Å². The fourth-order valence-corrected chi connectivity index (χ4v) is 1.55. The van der Waals surface area contributed by atoms with Crippen LogP contribution in [-0.4, -0.2) is 25.8 Å². The molecule has 0 radical (unpaired) electrons. The predicted molar refractivity (Wildman–Crippen MR) is 51.8 cm³/mol. The van der Waals surface area contributed by atoms with Crippen LogP contribution in [0.4, 0.5) is 0 Å². The Balaban J connectivity index is 0.000000720. The van der Waals surface area contributed by atoms with Crippen LogP contribution in [-0.2, 0) is 4.74 Å². The molecule has 0 saturated carbocycles. The van der Waals surface area contributed by atoms with E-state index < -0.39 is 0 Å². The molecular weight excluding hydrogens is 174 g/mol. The number of ether oxygens (including phenoxy) is 1. The van der Waals surface area contributed by atoms with Crippen molar-refractivity contribution in [3.63, 3.8) is 0 Å². The van der Waals surface area contributed by atoms with Gasteiger partial charge >= 0.3 is 0 Å². The molecule has 0 amide bonds. The van der Waals surface area contributed by atoms with Crippen molar-refractivity contribution in [1.82, 2.24) is 5.32 Å². The summed E-state index contributed by atoms with van der Waals surface area (Å²) in [5.74, 6) is 0. The van der Waals surface area contributed by atoms with Crippen LogP contribution < -0.4 is 5.32 Å². The van der Waals surface area contributed by atoms with E-state index in [1.807, 2.05) is 0 Å². The van der Waals surface area contributed by atoms with Gasteiger partial charge in [0.2, 0.25) is 0 Å². The van der Waals surface area contributed by atoms with Crippen molar-refractivity contribution in [2.24, 2.45) is 0 Å². The van der Waals surface area contributed by atoms with Crippen LogP contribution in [0.5, 0.6) is 0 Å². The molecular formula is C9H16ClNO. The highest BCUT2D eigenvalue weighted by atomic mass is 35.5. The fraction of sp³-hybridized carbons (Fsp3) is 0.778. The van der Waals surface area contributed by atoms with Crippen LogP contribution >= 0.6 is 12.4 Å². The zero-order valence-corrected chi connectivity index (χ0v) is 8.03. The first-order chi connectivity index (χ1) is 5.45. The molecule has 1 N–H and O–H groups in total. The minimum atomic E-state index is 0. The van der Waals surface area contributed by atoms with Gasteiger partial charge in [-0.25, -0.2) is 0 Å². The summed E-state index contributed by atoms with van der Waals surface area (Å²) in [4.78, 5) is 0. The number of nitrogens with one attached hydrogen (secondary N) is 1. The highest BCUT2D eigenvalue weighted by molar-refractivity contribution is 5.85. The topological polar surface area (TPSA) is 21.3 Å². The quantitative estimate of drug-likeness (QED) is 0.632. The third-order valence-electron chi connectivity index (χ3n) is 2.34. The maximum atomic E-state index is 5.58. The molecule has 0 bridgehead atoms. The van der Waals surface area contributed by atoms with Gasteiger partial charge in [0.1, 0.15) is 0 Å². The molecule has 2 aliphatic rings. The molecule has 0 aromatic rings. The van der Waals surface area contributed by atoms with Gasteiger partial charge in [-0.05, 0) is 24.8 Å². The molecule has 0 spiro atoms. The van der Waals surface area contributed by atoms with E-state index in [0.717, 1.165) is 19.7 Å². The second-order valence-corrected chi connectivity index (χ2v) is 3.33. The Bertz CT molecular complexity index is 158. The van der Waals surface area contributed by atoms with Crippen LogP contribution in [0.3, 0.4) is 0 Å². The molecule has 1 unspecified atom stereocenters. The minimum Gasteiger partial charge on any atom is -0.374 e. The van der Waals surface area contributed by atoms with E-state index in [4.69, 9.17) is 4.74 Å². The summed E-state index contributed by atoms with van der Waals surface area (Å²) in [6, 6.07) is 0. The average Bonchev–Trinajstić information content (AvgIpc) is 1.99. The first-order valence-corrected chi connectivity index (χ1v) is 4.47. The van der Waals surface area contributed by atoms with Gasteiger partial charge in [0, 0.05) is 19.7 Å². The molecule has 70 valence electrons. The predicted octanol–water partition coefficient (Wildman–Crippen LogP) is 1.51. The highest BCUT2D eigenvalue weighted by Crippen LogP contribution is 2.16. The van der Waals surface area contributed by atoms with Gasteiger partial charge < -0.3 is 10.1 Å². The van der Waals surface area contributed by atoms with E-state index in [1.165, 1.54) is 24.8 Å². The van der Waals surface area contributed by atoms with Gasteiger partial charge in [0.05, 0.1) is 6.10 Å². The number of hydrogen-bond acceptors (Lipinski definition) is 2. The summed E-state index contributed by atoms with van der Waals surface area (Å²) in [6.45, 7) is 3.13. The van der Waals surface area contributed by atoms with Gasteiger partial charge in [0.15, 0.2) is 0 Å². The Morgan fingerprint density at radius 3 is 2.67 bits per heavy atom. The van der Waals surface area contributed by atoms with E-state index in [2.05, 4.69) is 11.4 Å². The second-order valence-electron chi connectivity index (χ2n) is 3.33. The standard InChI is InChI=1S/C9H15NO.ClH/c1-2-4-11-9(3-1)5-8-6-10-7-8;/h5,9-10H,1-4,6-7H2;1H. The van der Waals surface area contributed by atoms with Gasteiger partial charge in [-0.1, -0.05) is 6.08 Å². The van der Waals surface area contributed by atoms with Crippen LogP contribution in [0.25, 0.3) is 0 Å². The van der Waals surface area contributed by atoms with Crippen LogP contribution in [0, 0.1) is 0 Å². The molecule has 2 heterocycles. The van der Waals surface area contributed by atoms with Crippen molar-refractivity contribution in [2.75, 3.05) is 19.7 Å². The first-order valence-electron chi connectivity index (χ1n) is 4.47. The largest absolute Gasteiger partial charge is 0.374 e. The molecule has 2 saturated heterocycles. The smallest absolute Gasteiger partial charge is 0.0759 e. The van der Waals surface area contributed by atoms with E-state index >= 15 is 0 Å². The summed E-state index contributed by atoms with van der Waals surface area (Å²) < 4.78 is 5.58. The molecule has 0 aromatic heterocycles. The maximum absolute atomic E-state index is 5.58. The lowest BCUT2D eigenvalue weighted by molar-refractivity contribution is 0.0457. The molecule has 3 heteroatoms. The Hall–Kier alpha value is -0.0500. The van der Waals surface area contributed by atoms with Crippen molar-refractivity contribution in [2.45, 2.75) is 25.4 Å². The third-order valence-corrected chi connectivity index (χ3v) is 2.34. The Kier molecular flexibility index (Phi) is 4.06. The average molecular weight is 190 g/mol. The summed E-state index contributed by atoms with van der Waals surface area (Å²) in [5.41, 5.74) is 1.52. The Labute approximate surface area is 79.8 Å². The molecule has 0 aromatic carbocycles. The van der Waals surface area contributed by atoms with Gasteiger partial charge in [-0.15, -0.1) is 12.4 Å². The fourth-order valence-electron chi connectivity index (χ4n) is 1.55. The van der Waals surface area contributed by atoms with E-state index in [9.17, 15) is 0 Å². The minimum absolute atomic E-state index is 0. The van der Waals surface area contributed by atoms with Gasteiger partial charge in [0.25, 0.3) is 0 Å². The summed E-state index contributed by atoms with van der Waals surface area (Å²) in [7, 11) is 0. The Morgan fingerprint density at radius 2 is 2.17 bits per heavy atom. The number of halogens is 1. The highest BCUT2D eigenvalue weighted by Gasteiger charge is 2.14. The lowest BCUT2D eigenvalue weighted by Gasteiger charge is -2.24. The number of rotatable bonds is 1. The molecule has 12 heavy (non-hydrogen) atoms. The molecule has 2 rings (SSSR count). The van der Waals surface area contributed by atoms with Crippen molar-refractivity contribution in [3.05, 3.63) is 11.6 Å². The maximum Gasteiger partial charge on any atom is 0.0759 e. The van der Waals surface area contributed by atoms with Crippen LogP contribution in [0.2, 0.25) is 0 Å². The van der Waals surface area contributed by atoms with Crippen LogP contribution in [0.1, 0.15) is 19.3 Å². The van der Waals surface area contributed by atoms with Gasteiger partial charge in [-0.2, -0.15) is 0 Å². The van der Waals surface area contributed by atoms with Gasteiger partial charge in [-0.3, -0.25) is 0 Å².